The van der Waals surface area contributed by atoms with Crippen LogP contribution in [0.3, 0.4) is 0 Å². The number of aromatic hydroxyl groups is 1. The summed E-state index contributed by atoms with van der Waals surface area (Å²) in [6.07, 6.45) is 0. The number of nitrogens with one attached hydrogen (secondary N) is 2. The molecule has 0 saturated carbocycles. The fourth-order valence-electron chi connectivity index (χ4n) is 2.75. The summed E-state index contributed by atoms with van der Waals surface area (Å²) in [5, 5.41) is 27.5. The fraction of sp³-hybridized carbons (Fsp3) is 0.300. The average molecular weight is 388 g/mol. The van der Waals surface area contributed by atoms with Crippen LogP contribution >= 0.6 is 12.6 Å². The molecule has 0 aromatic heterocycles. The van der Waals surface area contributed by atoms with Crippen LogP contribution in [0.25, 0.3) is 0 Å². The Morgan fingerprint density at radius 3 is 2.30 bits per heavy atom. The van der Waals surface area contributed by atoms with Crippen molar-refractivity contribution < 1.29 is 14.6 Å². The Bertz CT molecular complexity index is 835. The van der Waals surface area contributed by atoms with E-state index in [-0.39, 0.29) is 29.9 Å². The molecule has 0 saturated heterocycles. The van der Waals surface area contributed by atoms with Crippen LogP contribution in [0.1, 0.15) is 30.9 Å². The van der Waals surface area contributed by atoms with Crippen LogP contribution < -0.4 is 9.64 Å². The number of phenolic OH excluding ortho intramolecular Hbond substituents is 1. The van der Waals surface area contributed by atoms with Crippen molar-refractivity contribution >= 4 is 30.0 Å². The van der Waals surface area contributed by atoms with Gasteiger partial charge in [0.1, 0.15) is 29.8 Å². The molecule has 0 heterocycles. The minimum Gasteiger partial charge on any atom is -0.507 e. The number of anilines is 1. The Labute approximate surface area is 165 Å². The highest BCUT2D eigenvalue weighted by molar-refractivity contribution is 7.80. The van der Waals surface area contributed by atoms with E-state index in [0.717, 1.165) is 10.5 Å². The maximum Gasteiger partial charge on any atom is 0.142 e. The summed E-state index contributed by atoms with van der Waals surface area (Å²) in [5.41, 5.74) is 1.80. The van der Waals surface area contributed by atoms with Crippen LogP contribution in [0.15, 0.2) is 41.3 Å². The number of rotatable bonds is 6. The number of amidine groups is 2. The van der Waals surface area contributed by atoms with Gasteiger partial charge >= 0.3 is 0 Å². The van der Waals surface area contributed by atoms with Crippen molar-refractivity contribution in [3.05, 3.63) is 47.5 Å². The monoisotopic (exact) mass is 387 g/mol. The van der Waals surface area contributed by atoms with Crippen molar-refractivity contribution in [1.82, 2.24) is 0 Å². The quantitative estimate of drug-likeness (QED) is 0.339. The van der Waals surface area contributed by atoms with Gasteiger partial charge in [-0.25, -0.2) is 0 Å². The molecule has 0 aliphatic rings. The molecule has 0 atom stereocenters. The minimum atomic E-state index is -0.0812. The molecule has 0 amide bonds. The Morgan fingerprint density at radius 2 is 1.78 bits per heavy atom. The molecular weight excluding hydrogens is 362 g/mol. The molecule has 0 unspecified atom stereocenters. The molecule has 0 fully saturated rings. The predicted octanol–water partition coefficient (Wildman–Crippen LogP) is 4.27. The number of hydrogen-bond acceptors (Lipinski definition) is 6. The molecule has 2 rings (SSSR count). The normalized spacial score (nSPS) is 10.7. The van der Waals surface area contributed by atoms with E-state index in [2.05, 4.69) is 12.6 Å². The zero-order chi connectivity index (χ0) is 20.1. The first-order valence-electron chi connectivity index (χ1n) is 8.45. The highest BCUT2D eigenvalue weighted by Gasteiger charge is 2.23. The molecule has 6 nitrogen and oxygen atoms in total. The minimum absolute atomic E-state index is 0.0222. The van der Waals surface area contributed by atoms with E-state index in [4.69, 9.17) is 20.3 Å². The summed E-state index contributed by atoms with van der Waals surface area (Å²) in [6.45, 7) is 4.05. The van der Waals surface area contributed by atoms with Crippen molar-refractivity contribution in [3.63, 3.8) is 0 Å². The lowest BCUT2D eigenvalue weighted by atomic mass is 9.98. The predicted molar refractivity (Wildman–Crippen MR) is 111 cm³/mol. The molecule has 27 heavy (non-hydrogen) atoms. The second kappa shape index (κ2) is 8.92. The molecule has 0 radical (unpaired) electrons. The highest BCUT2D eigenvalue weighted by Crippen LogP contribution is 2.34. The number of nitrogens with zero attached hydrogens (tertiary/aromatic N) is 1. The molecule has 0 bridgehead atoms. The molecule has 144 valence electrons. The third-order valence-corrected chi connectivity index (χ3v) is 4.41. The third-order valence-electron chi connectivity index (χ3n) is 4.11. The molecular formula is C20H25N3O3S. The van der Waals surface area contributed by atoms with Crippen LogP contribution in [-0.2, 0) is 4.74 Å². The number of thiol groups is 1. The number of ether oxygens (including phenoxy) is 2. The summed E-state index contributed by atoms with van der Waals surface area (Å²) in [6, 6.07) is 10.4. The highest BCUT2D eigenvalue weighted by atomic mass is 32.1. The van der Waals surface area contributed by atoms with Crippen molar-refractivity contribution in [1.29, 1.82) is 10.8 Å². The number of benzene rings is 2. The zero-order valence-electron chi connectivity index (χ0n) is 15.9. The van der Waals surface area contributed by atoms with Gasteiger partial charge in [-0.2, -0.15) is 0 Å². The third kappa shape index (κ3) is 4.61. The summed E-state index contributed by atoms with van der Waals surface area (Å²) in [7, 11) is 3.04. The van der Waals surface area contributed by atoms with Gasteiger partial charge in [0, 0.05) is 23.8 Å². The van der Waals surface area contributed by atoms with Crippen molar-refractivity contribution in [2.45, 2.75) is 24.7 Å². The summed E-state index contributed by atoms with van der Waals surface area (Å²) < 4.78 is 10.4. The average Bonchev–Trinajstić information content (AvgIpc) is 2.63. The lowest BCUT2D eigenvalue weighted by Gasteiger charge is -2.27. The van der Waals surface area contributed by atoms with Gasteiger partial charge in [-0.05, 0) is 41.8 Å². The van der Waals surface area contributed by atoms with E-state index in [9.17, 15) is 5.11 Å². The van der Waals surface area contributed by atoms with Crippen LogP contribution in [-0.4, -0.2) is 37.6 Å². The second-order valence-electron chi connectivity index (χ2n) is 6.35. The van der Waals surface area contributed by atoms with E-state index in [1.54, 1.807) is 37.4 Å². The summed E-state index contributed by atoms with van der Waals surface area (Å²) in [5.74, 6) is 0.684. The van der Waals surface area contributed by atoms with Gasteiger partial charge in [-0.1, -0.05) is 13.8 Å². The maximum atomic E-state index is 10.5. The van der Waals surface area contributed by atoms with Gasteiger partial charge in [0.25, 0.3) is 0 Å². The van der Waals surface area contributed by atoms with E-state index >= 15 is 0 Å². The lowest BCUT2D eigenvalue weighted by Crippen LogP contribution is -2.39. The number of methoxy groups -OCH3 is 2. The maximum absolute atomic E-state index is 10.5. The first-order valence-corrected chi connectivity index (χ1v) is 8.90. The van der Waals surface area contributed by atoms with Crippen LogP contribution in [0.5, 0.6) is 11.5 Å². The van der Waals surface area contributed by atoms with Crippen LogP contribution in [0.2, 0.25) is 0 Å². The second-order valence-corrected chi connectivity index (χ2v) is 6.86. The molecule has 0 aliphatic heterocycles. The first kappa shape index (κ1) is 20.8. The number of phenols is 1. The van der Waals surface area contributed by atoms with Gasteiger partial charge in [-0.3, -0.25) is 15.7 Å². The molecule has 0 spiro atoms. The lowest BCUT2D eigenvalue weighted by molar-refractivity contribution is 0.244. The molecule has 2 aromatic carbocycles. The zero-order valence-corrected chi connectivity index (χ0v) is 16.8. The molecule has 3 N–H and O–H groups in total. The van der Waals surface area contributed by atoms with Crippen molar-refractivity contribution in [2.24, 2.45) is 0 Å². The van der Waals surface area contributed by atoms with E-state index < -0.39 is 0 Å². The van der Waals surface area contributed by atoms with Gasteiger partial charge < -0.3 is 14.6 Å². The molecule has 7 heteroatoms. The summed E-state index contributed by atoms with van der Waals surface area (Å²) in [4.78, 5) is 2.21. The molecule has 0 aliphatic carbocycles. The van der Waals surface area contributed by atoms with E-state index in [0.29, 0.717) is 17.0 Å². The largest absolute Gasteiger partial charge is 0.507 e. The Kier molecular flexibility index (Phi) is 6.87. The van der Waals surface area contributed by atoms with Gasteiger partial charge in [0.15, 0.2) is 0 Å². The Morgan fingerprint density at radius 1 is 1.15 bits per heavy atom. The van der Waals surface area contributed by atoms with Gasteiger partial charge in [-0.15, -0.1) is 12.6 Å². The summed E-state index contributed by atoms with van der Waals surface area (Å²) >= 11 is 4.28. The van der Waals surface area contributed by atoms with E-state index in [1.165, 1.54) is 18.1 Å². The topological polar surface area (TPSA) is 89.6 Å². The molecule has 2 aromatic rings. The fourth-order valence-corrected chi connectivity index (χ4v) is 2.90. The Hall–Kier alpha value is -2.51. The SMILES string of the molecule is COCC(=N)N(C(=N)c1cc(C(C)C)c(OC)cc1O)c1ccc(S)cc1. The first-order chi connectivity index (χ1) is 12.8. The van der Waals surface area contributed by atoms with Crippen LogP contribution in [0, 0.1) is 10.8 Å². The van der Waals surface area contributed by atoms with Crippen molar-refractivity contribution in [2.75, 3.05) is 25.7 Å². The standard InChI is InChI=1S/C20H25N3O3S/c1-12(2)15-9-16(17(24)10-18(15)26-4)20(22)23(19(21)11-25-3)13-5-7-14(27)8-6-13/h5-10,12,21-22,24,27H,11H2,1-4H3. The van der Waals surface area contributed by atoms with Crippen LogP contribution in [0.4, 0.5) is 5.69 Å². The van der Waals surface area contributed by atoms with Gasteiger partial charge in [0.2, 0.25) is 0 Å². The van der Waals surface area contributed by atoms with Crippen molar-refractivity contribution in [3.8, 4) is 11.5 Å². The van der Waals surface area contributed by atoms with E-state index in [1.807, 2.05) is 13.8 Å². The van der Waals surface area contributed by atoms with Gasteiger partial charge in [0.05, 0.1) is 12.7 Å². The number of hydrogen-bond donors (Lipinski definition) is 4. The Balaban J connectivity index is 2.56. The smallest absolute Gasteiger partial charge is 0.142 e.